The van der Waals surface area contributed by atoms with Crippen molar-refractivity contribution in [3.63, 3.8) is 0 Å². The molecular formula is C18H16O2. The molecule has 0 heterocycles. The van der Waals surface area contributed by atoms with Crippen LogP contribution in [0, 0.1) is 0 Å². The van der Waals surface area contributed by atoms with Crippen molar-refractivity contribution in [2.24, 2.45) is 0 Å². The van der Waals surface area contributed by atoms with Crippen LogP contribution in [0.25, 0.3) is 10.8 Å². The van der Waals surface area contributed by atoms with Gasteiger partial charge >= 0.3 is 0 Å². The zero-order valence-electron chi connectivity index (χ0n) is 11.3. The minimum absolute atomic E-state index is 0.0378. The van der Waals surface area contributed by atoms with E-state index in [-0.39, 0.29) is 11.9 Å². The molecule has 0 radical (unpaired) electrons. The van der Waals surface area contributed by atoms with E-state index in [1.807, 2.05) is 67.6 Å². The SMILES string of the molecule is CC(Oc1ccc(O)c2ccccc12)c1ccccc1. The van der Waals surface area contributed by atoms with Crippen LogP contribution in [0.3, 0.4) is 0 Å². The molecule has 0 spiro atoms. The van der Waals surface area contributed by atoms with Crippen LogP contribution in [-0.2, 0) is 0 Å². The Bertz CT molecular complexity index is 720. The summed E-state index contributed by atoms with van der Waals surface area (Å²) in [7, 11) is 0. The van der Waals surface area contributed by atoms with Crippen LogP contribution in [0.4, 0.5) is 0 Å². The lowest BCUT2D eigenvalue weighted by Gasteiger charge is -2.17. The van der Waals surface area contributed by atoms with E-state index in [2.05, 4.69) is 0 Å². The Labute approximate surface area is 118 Å². The Morgan fingerprint density at radius 2 is 1.45 bits per heavy atom. The van der Waals surface area contributed by atoms with Crippen molar-refractivity contribution >= 4 is 10.8 Å². The topological polar surface area (TPSA) is 29.5 Å². The molecule has 0 aliphatic carbocycles. The largest absolute Gasteiger partial charge is 0.507 e. The van der Waals surface area contributed by atoms with Gasteiger partial charge in [0, 0.05) is 10.8 Å². The fraction of sp³-hybridized carbons (Fsp3) is 0.111. The van der Waals surface area contributed by atoms with Crippen molar-refractivity contribution < 1.29 is 9.84 Å². The molecule has 2 nitrogen and oxygen atoms in total. The number of phenols is 1. The van der Waals surface area contributed by atoms with Crippen molar-refractivity contribution in [2.45, 2.75) is 13.0 Å². The summed E-state index contributed by atoms with van der Waals surface area (Å²) >= 11 is 0. The van der Waals surface area contributed by atoms with Gasteiger partial charge < -0.3 is 9.84 Å². The number of rotatable bonds is 3. The summed E-state index contributed by atoms with van der Waals surface area (Å²) in [5, 5.41) is 11.6. The maximum atomic E-state index is 9.89. The highest BCUT2D eigenvalue weighted by Crippen LogP contribution is 2.34. The molecule has 0 aliphatic rings. The van der Waals surface area contributed by atoms with Crippen LogP contribution in [0.1, 0.15) is 18.6 Å². The summed E-state index contributed by atoms with van der Waals surface area (Å²) in [5.41, 5.74) is 1.13. The van der Waals surface area contributed by atoms with E-state index in [4.69, 9.17) is 4.74 Å². The number of aromatic hydroxyl groups is 1. The van der Waals surface area contributed by atoms with Gasteiger partial charge in [-0.25, -0.2) is 0 Å². The number of benzene rings is 3. The molecule has 20 heavy (non-hydrogen) atoms. The lowest BCUT2D eigenvalue weighted by Crippen LogP contribution is -2.03. The zero-order chi connectivity index (χ0) is 13.9. The number of phenolic OH excluding ortho intramolecular Hbond substituents is 1. The number of hydrogen-bond donors (Lipinski definition) is 1. The van der Waals surface area contributed by atoms with Crippen LogP contribution in [0.15, 0.2) is 66.7 Å². The quantitative estimate of drug-likeness (QED) is 0.744. The average Bonchev–Trinajstić information content (AvgIpc) is 2.51. The number of ether oxygens (including phenoxy) is 1. The van der Waals surface area contributed by atoms with Gasteiger partial charge in [-0.3, -0.25) is 0 Å². The fourth-order valence-corrected chi connectivity index (χ4v) is 2.34. The van der Waals surface area contributed by atoms with Crippen LogP contribution in [-0.4, -0.2) is 5.11 Å². The van der Waals surface area contributed by atoms with Gasteiger partial charge in [-0.15, -0.1) is 0 Å². The van der Waals surface area contributed by atoms with E-state index < -0.39 is 0 Å². The van der Waals surface area contributed by atoms with Gasteiger partial charge in [-0.1, -0.05) is 54.6 Å². The Morgan fingerprint density at radius 1 is 0.800 bits per heavy atom. The molecule has 1 atom stereocenters. The minimum atomic E-state index is -0.0378. The zero-order valence-corrected chi connectivity index (χ0v) is 11.3. The van der Waals surface area contributed by atoms with E-state index >= 15 is 0 Å². The molecule has 1 unspecified atom stereocenters. The molecule has 0 fully saturated rings. The van der Waals surface area contributed by atoms with Crippen molar-refractivity contribution in [3.8, 4) is 11.5 Å². The molecule has 1 N–H and O–H groups in total. The smallest absolute Gasteiger partial charge is 0.128 e. The lowest BCUT2D eigenvalue weighted by atomic mass is 10.1. The highest BCUT2D eigenvalue weighted by Gasteiger charge is 2.10. The molecule has 3 rings (SSSR count). The van der Waals surface area contributed by atoms with Crippen molar-refractivity contribution in [2.75, 3.05) is 0 Å². The number of fused-ring (bicyclic) bond motifs is 1. The molecule has 0 bridgehead atoms. The highest BCUT2D eigenvalue weighted by molar-refractivity contribution is 5.92. The predicted molar refractivity (Wildman–Crippen MR) is 81.1 cm³/mol. The van der Waals surface area contributed by atoms with E-state index in [0.29, 0.717) is 0 Å². The second-order valence-corrected chi connectivity index (χ2v) is 4.80. The van der Waals surface area contributed by atoms with Crippen LogP contribution in [0.5, 0.6) is 11.5 Å². The van der Waals surface area contributed by atoms with Gasteiger partial charge in [-0.05, 0) is 24.6 Å². The third kappa shape index (κ3) is 2.32. The summed E-state index contributed by atoms with van der Waals surface area (Å²) in [5.74, 6) is 1.06. The van der Waals surface area contributed by atoms with Gasteiger partial charge in [0.1, 0.15) is 17.6 Å². The molecule has 0 aromatic heterocycles. The second kappa shape index (κ2) is 5.25. The Kier molecular flexibility index (Phi) is 3.30. The van der Waals surface area contributed by atoms with Gasteiger partial charge in [0.05, 0.1) is 0 Å². The van der Waals surface area contributed by atoms with E-state index in [9.17, 15) is 5.11 Å². The first-order valence-corrected chi connectivity index (χ1v) is 6.68. The maximum absolute atomic E-state index is 9.89. The average molecular weight is 264 g/mol. The van der Waals surface area contributed by atoms with Gasteiger partial charge in [-0.2, -0.15) is 0 Å². The Hall–Kier alpha value is -2.48. The van der Waals surface area contributed by atoms with Crippen LogP contribution >= 0.6 is 0 Å². The molecule has 3 aromatic carbocycles. The van der Waals surface area contributed by atoms with Gasteiger partial charge in [0.2, 0.25) is 0 Å². The summed E-state index contributed by atoms with van der Waals surface area (Å²) in [4.78, 5) is 0. The maximum Gasteiger partial charge on any atom is 0.128 e. The third-order valence-electron chi connectivity index (χ3n) is 3.43. The summed E-state index contributed by atoms with van der Waals surface area (Å²) < 4.78 is 6.06. The third-order valence-corrected chi connectivity index (χ3v) is 3.43. The summed E-state index contributed by atoms with van der Waals surface area (Å²) in [6.07, 6.45) is -0.0378. The molecule has 0 amide bonds. The second-order valence-electron chi connectivity index (χ2n) is 4.80. The first-order chi connectivity index (χ1) is 9.75. The van der Waals surface area contributed by atoms with Gasteiger partial charge in [0.25, 0.3) is 0 Å². The lowest BCUT2D eigenvalue weighted by molar-refractivity contribution is 0.230. The Morgan fingerprint density at radius 3 is 2.20 bits per heavy atom. The number of hydrogen-bond acceptors (Lipinski definition) is 2. The molecule has 0 saturated carbocycles. The van der Waals surface area contributed by atoms with E-state index in [1.165, 1.54) is 0 Å². The fourth-order valence-electron chi connectivity index (χ4n) is 2.34. The molecule has 100 valence electrons. The molecule has 3 aromatic rings. The minimum Gasteiger partial charge on any atom is -0.507 e. The first kappa shape index (κ1) is 12.5. The van der Waals surface area contributed by atoms with Crippen molar-refractivity contribution in [1.29, 1.82) is 0 Å². The van der Waals surface area contributed by atoms with Crippen molar-refractivity contribution in [1.82, 2.24) is 0 Å². The predicted octanol–water partition coefficient (Wildman–Crippen LogP) is 4.69. The summed E-state index contributed by atoms with van der Waals surface area (Å²) in [6, 6.07) is 21.3. The normalized spacial score (nSPS) is 12.2. The molecule has 0 saturated heterocycles. The monoisotopic (exact) mass is 264 g/mol. The summed E-state index contributed by atoms with van der Waals surface area (Å²) in [6.45, 7) is 2.02. The van der Waals surface area contributed by atoms with Crippen molar-refractivity contribution in [3.05, 3.63) is 72.3 Å². The molecule has 2 heteroatoms. The first-order valence-electron chi connectivity index (χ1n) is 6.68. The van der Waals surface area contributed by atoms with Crippen LogP contribution < -0.4 is 4.74 Å². The van der Waals surface area contributed by atoms with E-state index in [1.54, 1.807) is 6.07 Å². The van der Waals surface area contributed by atoms with Gasteiger partial charge in [0.15, 0.2) is 0 Å². The molecular weight excluding hydrogens is 248 g/mol. The highest BCUT2D eigenvalue weighted by atomic mass is 16.5. The van der Waals surface area contributed by atoms with E-state index in [0.717, 1.165) is 22.1 Å². The standard InChI is InChI=1S/C18H16O2/c1-13(14-7-3-2-4-8-14)20-18-12-11-17(19)15-9-5-6-10-16(15)18/h2-13,19H,1H3. The molecule has 0 aliphatic heterocycles. The van der Waals surface area contributed by atoms with Crippen LogP contribution in [0.2, 0.25) is 0 Å². The Balaban J connectivity index is 1.97.